The van der Waals surface area contributed by atoms with Gasteiger partial charge in [-0.05, 0) is 18.2 Å². The molecule has 0 spiro atoms. The van der Waals surface area contributed by atoms with Gasteiger partial charge in [-0.3, -0.25) is 0 Å². The molecule has 0 saturated carbocycles. The first-order valence-corrected chi connectivity index (χ1v) is 6.49. The zero-order chi connectivity index (χ0) is 14.4. The minimum absolute atomic E-state index is 0.0356. The van der Waals surface area contributed by atoms with Crippen LogP contribution >= 0.6 is 0 Å². The van der Waals surface area contributed by atoms with Gasteiger partial charge in [0.2, 0.25) is 0 Å². The van der Waals surface area contributed by atoms with Crippen LogP contribution in [0.2, 0.25) is 0 Å². The monoisotopic (exact) mass is 273 g/mol. The first-order chi connectivity index (χ1) is 9.74. The van der Waals surface area contributed by atoms with Crippen molar-refractivity contribution in [2.24, 2.45) is 5.73 Å². The number of benzene rings is 2. The maximum absolute atomic E-state index is 9.41. The largest absolute Gasteiger partial charge is 0.508 e. The molecule has 0 saturated heterocycles. The second-order valence-electron chi connectivity index (χ2n) is 4.48. The number of rotatable bonds is 6. The number of methoxy groups -OCH3 is 1. The van der Waals surface area contributed by atoms with Crippen LogP contribution in [-0.4, -0.2) is 25.4 Å². The Bertz CT molecular complexity index is 557. The van der Waals surface area contributed by atoms with Crippen LogP contribution in [0.4, 0.5) is 0 Å². The van der Waals surface area contributed by atoms with Gasteiger partial charge in [-0.15, -0.1) is 0 Å². The molecular weight excluding hydrogens is 254 g/mol. The summed E-state index contributed by atoms with van der Waals surface area (Å²) in [6, 6.07) is 14.5. The predicted octanol–water partition coefficient (Wildman–Crippen LogP) is 2.52. The molecule has 2 aromatic carbocycles. The topological polar surface area (TPSA) is 64.7 Å². The zero-order valence-electron chi connectivity index (χ0n) is 11.5. The van der Waals surface area contributed by atoms with Gasteiger partial charge in [0.1, 0.15) is 17.2 Å². The van der Waals surface area contributed by atoms with Gasteiger partial charge in [-0.1, -0.05) is 24.3 Å². The Kier molecular flexibility index (Phi) is 4.85. The van der Waals surface area contributed by atoms with Gasteiger partial charge >= 0.3 is 0 Å². The molecule has 0 aromatic heterocycles. The summed E-state index contributed by atoms with van der Waals surface area (Å²) >= 11 is 0. The van der Waals surface area contributed by atoms with Crippen molar-refractivity contribution >= 4 is 0 Å². The number of para-hydroxylation sites is 1. The summed E-state index contributed by atoms with van der Waals surface area (Å²) in [6.07, 6.45) is 0. The van der Waals surface area contributed by atoms with Crippen molar-refractivity contribution in [2.75, 3.05) is 20.3 Å². The van der Waals surface area contributed by atoms with E-state index in [4.69, 9.17) is 15.2 Å². The summed E-state index contributed by atoms with van der Waals surface area (Å²) in [5, 5.41) is 9.41. The van der Waals surface area contributed by atoms with Gasteiger partial charge in [-0.25, -0.2) is 0 Å². The minimum Gasteiger partial charge on any atom is -0.508 e. The van der Waals surface area contributed by atoms with Crippen LogP contribution in [-0.2, 0) is 0 Å². The molecule has 0 aliphatic heterocycles. The second kappa shape index (κ2) is 6.82. The van der Waals surface area contributed by atoms with Crippen molar-refractivity contribution in [3.63, 3.8) is 0 Å². The fourth-order valence-electron chi connectivity index (χ4n) is 2.06. The number of aromatic hydroxyl groups is 1. The van der Waals surface area contributed by atoms with Crippen molar-refractivity contribution in [3.8, 4) is 17.2 Å². The van der Waals surface area contributed by atoms with Crippen LogP contribution in [0.15, 0.2) is 48.5 Å². The van der Waals surface area contributed by atoms with Gasteiger partial charge in [0.05, 0.1) is 13.7 Å². The third kappa shape index (κ3) is 3.42. The Morgan fingerprint density at radius 1 is 1.15 bits per heavy atom. The Hall–Kier alpha value is -2.20. The Morgan fingerprint density at radius 3 is 2.65 bits per heavy atom. The standard InChI is InChI=1S/C16H19NO3/c1-19-16-8-3-2-7-15(16)12(10-17)11-20-14-6-4-5-13(18)9-14/h2-9,12,18H,10-11,17H2,1H3. The Labute approximate surface area is 118 Å². The molecule has 0 radical (unpaired) electrons. The van der Waals surface area contributed by atoms with E-state index >= 15 is 0 Å². The summed E-state index contributed by atoms with van der Waals surface area (Å²) in [4.78, 5) is 0. The van der Waals surface area contributed by atoms with Crippen LogP contribution in [0.25, 0.3) is 0 Å². The van der Waals surface area contributed by atoms with Crippen molar-refractivity contribution in [1.82, 2.24) is 0 Å². The second-order valence-corrected chi connectivity index (χ2v) is 4.48. The molecule has 0 aliphatic carbocycles. The molecule has 0 aliphatic rings. The average Bonchev–Trinajstić information content (AvgIpc) is 2.48. The van der Waals surface area contributed by atoms with E-state index < -0.39 is 0 Å². The highest BCUT2D eigenvalue weighted by atomic mass is 16.5. The Morgan fingerprint density at radius 2 is 1.95 bits per heavy atom. The minimum atomic E-state index is 0.0356. The number of phenols is 1. The number of ether oxygens (including phenoxy) is 2. The fraction of sp³-hybridized carbons (Fsp3) is 0.250. The molecule has 106 valence electrons. The maximum Gasteiger partial charge on any atom is 0.123 e. The fourth-order valence-corrected chi connectivity index (χ4v) is 2.06. The highest BCUT2D eigenvalue weighted by Crippen LogP contribution is 2.27. The number of hydrogen-bond donors (Lipinski definition) is 2. The van der Waals surface area contributed by atoms with Gasteiger partial charge in [0.15, 0.2) is 0 Å². The molecule has 4 heteroatoms. The lowest BCUT2D eigenvalue weighted by molar-refractivity contribution is 0.285. The smallest absolute Gasteiger partial charge is 0.123 e. The summed E-state index contributed by atoms with van der Waals surface area (Å²) < 4.78 is 11.0. The van der Waals surface area contributed by atoms with E-state index in [0.29, 0.717) is 18.9 Å². The molecule has 20 heavy (non-hydrogen) atoms. The number of hydrogen-bond acceptors (Lipinski definition) is 4. The summed E-state index contributed by atoms with van der Waals surface area (Å²) in [5.74, 6) is 1.65. The lowest BCUT2D eigenvalue weighted by Gasteiger charge is -2.18. The van der Waals surface area contributed by atoms with Crippen LogP contribution in [0.3, 0.4) is 0 Å². The molecule has 0 bridgehead atoms. The SMILES string of the molecule is COc1ccccc1C(CN)COc1cccc(O)c1. The average molecular weight is 273 g/mol. The van der Waals surface area contributed by atoms with Crippen LogP contribution < -0.4 is 15.2 Å². The summed E-state index contributed by atoms with van der Waals surface area (Å²) in [7, 11) is 1.64. The van der Waals surface area contributed by atoms with Crippen LogP contribution in [0.1, 0.15) is 11.5 Å². The molecule has 0 amide bonds. The van der Waals surface area contributed by atoms with Crippen LogP contribution in [0.5, 0.6) is 17.2 Å². The molecule has 4 nitrogen and oxygen atoms in total. The lowest BCUT2D eigenvalue weighted by atomic mass is 9.99. The van der Waals surface area contributed by atoms with E-state index in [1.165, 1.54) is 0 Å². The van der Waals surface area contributed by atoms with E-state index in [1.54, 1.807) is 31.4 Å². The van der Waals surface area contributed by atoms with Gasteiger partial charge in [0, 0.05) is 24.1 Å². The van der Waals surface area contributed by atoms with Crippen LogP contribution in [0, 0.1) is 0 Å². The lowest BCUT2D eigenvalue weighted by Crippen LogP contribution is -2.20. The molecular formula is C16H19NO3. The molecule has 1 unspecified atom stereocenters. The third-order valence-electron chi connectivity index (χ3n) is 3.13. The van der Waals surface area contributed by atoms with Crippen molar-refractivity contribution in [1.29, 1.82) is 0 Å². The van der Waals surface area contributed by atoms with Crippen molar-refractivity contribution in [2.45, 2.75) is 5.92 Å². The third-order valence-corrected chi connectivity index (χ3v) is 3.13. The highest BCUT2D eigenvalue weighted by molar-refractivity contribution is 5.37. The van der Waals surface area contributed by atoms with E-state index in [9.17, 15) is 5.11 Å². The van der Waals surface area contributed by atoms with Crippen molar-refractivity contribution < 1.29 is 14.6 Å². The van der Waals surface area contributed by atoms with E-state index in [-0.39, 0.29) is 11.7 Å². The molecule has 0 fully saturated rings. The van der Waals surface area contributed by atoms with E-state index in [1.807, 2.05) is 24.3 Å². The molecule has 2 rings (SSSR count). The highest BCUT2D eigenvalue weighted by Gasteiger charge is 2.15. The van der Waals surface area contributed by atoms with E-state index in [2.05, 4.69) is 0 Å². The first-order valence-electron chi connectivity index (χ1n) is 6.49. The number of phenolic OH excluding ortho intramolecular Hbond substituents is 1. The van der Waals surface area contributed by atoms with Gasteiger partial charge < -0.3 is 20.3 Å². The quantitative estimate of drug-likeness (QED) is 0.849. The first kappa shape index (κ1) is 14.2. The van der Waals surface area contributed by atoms with Gasteiger partial charge in [-0.2, -0.15) is 0 Å². The molecule has 0 heterocycles. The molecule has 3 N–H and O–H groups in total. The number of nitrogens with two attached hydrogens (primary N) is 1. The Balaban J connectivity index is 2.09. The van der Waals surface area contributed by atoms with Gasteiger partial charge in [0.25, 0.3) is 0 Å². The maximum atomic E-state index is 9.41. The summed E-state index contributed by atoms with van der Waals surface area (Å²) in [6.45, 7) is 0.888. The molecule has 2 aromatic rings. The summed E-state index contributed by atoms with van der Waals surface area (Å²) in [5.41, 5.74) is 6.86. The van der Waals surface area contributed by atoms with E-state index in [0.717, 1.165) is 11.3 Å². The molecule has 1 atom stereocenters. The zero-order valence-corrected chi connectivity index (χ0v) is 11.5. The normalized spacial score (nSPS) is 11.9. The van der Waals surface area contributed by atoms with Crippen molar-refractivity contribution in [3.05, 3.63) is 54.1 Å². The predicted molar refractivity (Wildman–Crippen MR) is 78.4 cm³/mol.